The molecule has 136 valence electrons. The maximum Gasteiger partial charge on any atom is 0.280 e. The van der Waals surface area contributed by atoms with Gasteiger partial charge in [0, 0.05) is 25.9 Å². The number of aromatic nitrogens is 3. The number of aryl methyl sites for hydroxylation is 1. The van der Waals surface area contributed by atoms with Gasteiger partial charge in [0.1, 0.15) is 11.3 Å². The van der Waals surface area contributed by atoms with Crippen molar-refractivity contribution in [1.82, 2.24) is 14.8 Å². The lowest BCUT2D eigenvalue weighted by Gasteiger charge is -2.22. The molecule has 1 atom stereocenters. The predicted octanol–water partition coefficient (Wildman–Crippen LogP) is 3.13. The van der Waals surface area contributed by atoms with E-state index in [1.165, 1.54) is 15.6 Å². The van der Waals surface area contributed by atoms with Crippen molar-refractivity contribution in [1.29, 1.82) is 0 Å². The van der Waals surface area contributed by atoms with E-state index >= 15 is 0 Å². The molecule has 1 aromatic carbocycles. The number of fused-ring (bicyclic) bond motifs is 1. The minimum Gasteiger partial charge on any atom is -0.376 e. The SMILES string of the molecule is Cn1ccc(C(=O)N(C[C@@H]2CCCO2)c2nc3c(F)cc(F)cc3s2)n1. The first-order valence-corrected chi connectivity index (χ1v) is 9.01. The summed E-state index contributed by atoms with van der Waals surface area (Å²) in [5.41, 5.74) is 0.314. The van der Waals surface area contributed by atoms with Crippen LogP contribution in [0.2, 0.25) is 0 Å². The first-order chi connectivity index (χ1) is 12.5. The summed E-state index contributed by atoms with van der Waals surface area (Å²) in [6, 6.07) is 3.62. The van der Waals surface area contributed by atoms with Gasteiger partial charge in [-0.2, -0.15) is 5.10 Å². The second-order valence-electron chi connectivity index (χ2n) is 6.16. The fourth-order valence-corrected chi connectivity index (χ4v) is 3.98. The van der Waals surface area contributed by atoms with Crippen molar-refractivity contribution in [2.75, 3.05) is 18.1 Å². The zero-order valence-corrected chi connectivity index (χ0v) is 14.8. The lowest BCUT2D eigenvalue weighted by molar-refractivity contribution is 0.0913. The Morgan fingerprint density at radius 3 is 3.00 bits per heavy atom. The highest BCUT2D eigenvalue weighted by Gasteiger charge is 2.28. The Morgan fingerprint density at radius 2 is 2.31 bits per heavy atom. The molecule has 1 saturated heterocycles. The highest BCUT2D eigenvalue weighted by molar-refractivity contribution is 7.22. The highest BCUT2D eigenvalue weighted by atomic mass is 32.1. The molecule has 26 heavy (non-hydrogen) atoms. The Kier molecular flexibility index (Phi) is 4.41. The van der Waals surface area contributed by atoms with Gasteiger partial charge in [-0.3, -0.25) is 14.4 Å². The van der Waals surface area contributed by atoms with Crippen LogP contribution >= 0.6 is 11.3 Å². The molecule has 0 aliphatic carbocycles. The number of carbonyl (C=O) groups excluding carboxylic acids is 1. The number of halogens is 2. The average Bonchev–Trinajstić information content (AvgIpc) is 3.32. The molecule has 0 spiro atoms. The Hall–Kier alpha value is -2.39. The lowest BCUT2D eigenvalue weighted by atomic mass is 10.2. The van der Waals surface area contributed by atoms with E-state index in [1.54, 1.807) is 19.3 Å². The van der Waals surface area contributed by atoms with E-state index in [9.17, 15) is 13.6 Å². The van der Waals surface area contributed by atoms with Gasteiger partial charge in [-0.1, -0.05) is 11.3 Å². The summed E-state index contributed by atoms with van der Waals surface area (Å²) in [5, 5.41) is 4.45. The first kappa shape index (κ1) is 17.0. The van der Waals surface area contributed by atoms with Gasteiger partial charge in [-0.05, 0) is 25.0 Å². The van der Waals surface area contributed by atoms with Gasteiger partial charge in [0.15, 0.2) is 16.6 Å². The predicted molar refractivity (Wildman–Crippen MR) is 93.4 cm³/mol. The van der Waals surface area contributed by atoms with Crippen molar-refractivity contribution in [2.24, 2.45) is 7.05 Å². The average molecular weight is 378 g/mol. The van der Waals surface area contributed by atoms with Gasteiger partial charge in [0.25, 0.3) is 5.91 Å². The third kappa shape index (κ3) is 3.19. The Morgan fingerprint density at radius 1 is 1.46 bits per heavy atom. The molecular weight excluding hydrogens is 362 g/mol. The monoisotopic (exact) mass is 378 g/mol. The Labute approximate surface area is 152 Å². The molecule has 2 aromatic heterocycles. The molecule has 4 rings (SSSR count). The largest absolute Gasteiger partial charge is 0.376 e. The third-order valence-electron chi connectivity index (χ3n) is 4.22. The van der Waals surface area contributed by atoms with Crippen molar-refractivity contribution in [2.45, 2.75) is 18.9 Å². The van der Waals surface area contributed by atoms with E-state index in [1.807, 2.05) is 0 Å². The second kappa shape index (κ2) is 6.73. The van der Waals surface area contributed by atoms with E-state index in [4.69, 9.17) is 4.74 Å². The molecule has 1 aliphatic rings. The molecule has 1 fully saturated rings. The summed E-state index contributed by atoms with van der Waals surface area (Å²) < 4.78 is 35.0. The van der Waals surface area contributed by atoms with Crippen LogP contribution in [0.5, 0.6) is 0 Å². The molecule has 3 heterocycles. The number of benzene rings is 1. The van der Waals surface area contributed by atoms with Crippen LogP contribution in [0.3, 0.4) is 0 Å². The topological polar surface area (TPSA) is 60.2 Å². The molecule has 3 aromatic rings. The summed E-state index contributed by atoms with van der Waals surface area (Å²) in [7, 11) is 1.72. The van der Waals surface area contributed by atoms with E-state index in [0.717, 1.165) is 30.2 Å². The van der Waals surface area contributed by atoms with Crippen molar-refractivity contribution in [3.8, 4) is 0 Å². The molecule has 0 radical (unpaired) electrons. The second-order valence-corrected chi connectivity index (χ2v) is 7.17. The van der Waals surface area contributed by atoms with E-state index in [2.05, 4.69) is 10.1 Å². The lowest BCUT2D eigenvalue weighted by Crippen LogP contribution is -2.37. The number of rotatable bonds is 4. The molecule has 0 saturated carbocycles. The van der Waals surface area contributed by atoms with E-state index in [0.29, 0.717) is 23.0 Å². The summed E-state index contributed by atoms with van der Waals surface area (Å²) in [5.74, 6) is -1.77. The fraction of sp³-hybridized carbons (Fsp3) is 0.353. The zero-order chi connectivity index (χ0) is 18.3. The quantitative estimate of drug-likeness (QED) is 0.700. The van der Waals surface area contributed by atoms with Crippen LogP contribution in [0.25, 0.3) is 10.2 Å². The van der Waals surface area contributed by atoms with Gasteiger partial charge >= 0.3 is 0 Å². The van der Waals surface area contributed by atoms with Gasteiger partial charge < -0.3 is 4.74 Å². The van der Waals surface area contributed by atoms with Crippen molar-refractivity contribution < 1.29 is 18.3 Å². The third-order valence-corrected chi connectivity index (χ3v) is 5.25. The molecule has 6 nitrogen and oxygen atoms in total. The summed E-state index contributed by atoms with van der Waals surface area (Å²) in [6.45, 7) is 0.940. The summed E-state index contributed by atoms with van der Waals surface area (Å²) >= 11 is 1.07. The van der Waals surface area contributed by atoms with Gasteiger partial charge in [0.05, 0.1) is 17.3 Å². The molecule has 9 heteroatoms. The van der Waals surface area contributed by atoms with Crippen LogP contribution in [-0.4, -0.2) is 39.9 Å². The highest BCUT2D eigenvalue weighted by Crippen LogP contribution is 2.32. The van der Waals surface area contributed by atoms with Crippen molar-refractivity contribution in [3.05, 3.63) is 41.7 Å². The number of anilines is 1. The van der Waals surface area contributed by atoms with Crippen LogP contribution in [-0.2, 0) is 11.8 Å². The number of ether oxygens (including phenoxy) is 1. The minimum absolute atomic E-state index is 0.0533. The molecule has 0 N–H and O–H groups in total. The van der Waals surface area contributed by atoms with E-state index < -0.39 is 11.6 Å². The molecule has 0 bridgehead atoms. The number of nitrogens with zero attached hydrogens (tertiary/aromatic N) is 4. The summed E-state index contributed by atoms with van der Waals surface area (Å²) in [6.07, 6.45) is 3.32. The first-order valence-electron chi connectivity index (χ1n) is 8.20. The Balaban J connectivity index is 1.74. The van der Waals surface area contributed by atoms with Gasteiger partial charge in [0.2, 0.25) is 0 Å². The maximum atomic E-state index is 14.0. The van der Waals surface area contributed by atoms with Crippen molar-refractivity contribution >= 4 is 32.6 Å². The standard InChI is InChI=1S/C17H16F2N4O2S/c1-22-5-4-13(21-22)16(24)23(9-11-3-2-6-25-11)17-20-15-12(19)7-10(18)8-14(15)26-17/h4-5,7-8,11H,2-3,6,9H2,1H3/t11-/m0/s1. The normalized spacial score (nSPS) is 17.1. The number of hydrogen-bond donors (Lipinski definition) is 0. The molecule has 1 amide bonds. The van der Waals surface area contributed by atoms with Crippen LogP contribution < -0.4 is 4.90 Å². The minimum atomic E-state index is -0.746. The molecule has 1 aliphatic heterocycles. The van der Waals surface area contributed by atoms with Crippen LogP contribution in [0, 0.1) is 11.6 Å². The zero-order valence-electron chi connectivity index (χ0n) is 14.0. The number of hydrogen-bond acceptors (Lipinski definition) is 5. The van der Waals surface area contributed by atoms with Gasteiger partial charge in [-0.15, -0.1) is 0 Å². The smallest absolute Gasteiger partial charge is 0.280 e. The number of carbonyl (C=O) groups is 1. The number of thiazole rings is 1. The molecular formula is C17H16F2N4O2S. The van der Waals surface area contributed by atoms with E-state index in [-0.39, 0.29) is 23.2 Å². The van der Waals surface area contributed by atoms with Crippen molar-refractivity contribution in [3.63, 3.8) is 0 Å². The van der Waals surface area contributed by atoms with Crippen LogP contribution in [0.15, 0.2) is 24.4 Å². The van der Waals surface area contributed by atoms with Crippen LogP contribution in [0.1, 0.15) is 23.3 Å². The summed E-state index contributed by atoms with van der Waals surface area (Å²) in [4.78, 5) is 18.7. The van der Waals surface area contributed by atoms with Gasteiger partial charge in [-0.25, -0.2) is 13.8 Å². The fourth-order valence-electron chi connectivity index (χ4n) is 2.97. The molecule has 0 unspecified atom stereocenters. The van der Waals surface area contributed by atoms with Crippen LogP contribution in [0.4, 0.5) is 13.9 Å². The number of amides is 1. The Bertz CT molecular complexity index is 965. The maximum absolute atomic E-state index is 14.0.